The number of piperidine rings is 1. The maximum absolute atomic E-state index is 13.0. The zero-order valence-electron chi connectivity index (χ0n) is 15.5. The first-order chi connectivity index (χ1) is 13.6. The number of pyridine rings is 2. The number of aromatic nitrogens is 3. The van der Waals surface area contributed by atoms with Gasteiger partial charge in [0.1, 0.15) is 11.1 Å². The van der Waals surface area contributed by atoms with Crippen molar-refractivity contribution in [1.82, 2.24) is 19.3 Å². The highest BCUT2D eigenvalue weighted by atomic mass is 32.2. The first-order valence-electron chi connectivity index (χ1n) is 9.70. The van der Waals surface area contributed by atoms with E-state index < -0.39 is 10.0 Å². The molecule has 5 rings (SSSR count). The van der Waals surface area contributed by atoms with Crippen molar-refractivity contribution in [2.24, 2.45) is 0 Å². The van der Waals surface area contributed by atoms with Crippen LogP contribution in [0.3, 0.4) is 0 Å². The molecule has 2 aliphatic rings. The summed E-state index contributed by atoms with van der Waals surface area (Å²) in [4.78, 5) is 14.1. The fourth-order valence-corrected chi connectivity index (χ4v) is 6.15. The van der Waals surface area contributed by atoms with Crippen LogP contribution < -0.4 is 4.90 Å². The number of hydrogen-bond donors (Lipinski definition) is 1. The van der Waals surface area contributed by atoms with Crippen molar-refractivity contribution in [3.8, 4) is 0 Å². The molecule has 0 atom stereocenters. The number of hydrogen-bond acceptors (Lipinski definition) is 5. The van der Waals surface area contributed by atoms with Crippen molar-refractivity contribution >= 4 is 26.9 Å². The van der Waals surface area contributed by atoms with Crippen LogP contribution in [-0.4, -0.2) is 59.1 Å². The minimum absolute atomic E-state index is 0.333. The molecule has 0 radical (unpaired) electrons. The molecule has 146 valence electrons. The smallest absolute Gasteiger partial charge is 0.220 e. The van der Waals surface area contributed by atoms with Crippen LogP contribution in [0, 0.1) is 0 Å². The lowest BCUT2D eigenvalue weighted by molar-refractivity contribution is 0.313. The van der Waals surface area contributed by atoms with E-state index in [2.05, 4.69) is 15.0 Å². The Labute approximate surface area is 164 Å². The lowest BCUT2D eigenvalue weighted by atomic mass is 9.91. The molecule has 1 N–H and O–H groups in total. The van der Waals surface area contributed by atoms with E-state index in [1.165, 1.54) is 5.56 Å². The van der Waals surface area contributed by atoms with Crippen LogP contribution in [0.4, 0.5) is 5.82 Å². The van der Waals surface area contributed by atoms with Crippen molar-refractivity contribution < 1.29 is 8.42 Å². The molecule has 28 heavy (non-hydrogen) atoms. The van der Waals surface area contributed by atoms with Crippen LogP contribution >= 0.6 is 0 Å². The molecule has 0 aromatic carbocycles. The molecule has 7 nitrogen and oxygen atoms in total. The maximum atomic E-state index is 13.0. The Bertz CT molecular complexity index is 1070. The second kappa shape index (κ2) is 6.86. The molecule has 2 fully saturated rings. The van der Waals surface area contributed by atoms with E-state index in [0.29, 0.717) is 32.1 Å². The van der Waals surface area contributed by atoms with E-state index in [1.807, 2.05) is 47.6 Å². The summed E-state index contributed by atoms with van der Waals surface area (Å²) in [5.41, 5.74) is 3.25. The Morgan fingerprint density at radius 3 is 2.54 bits per heavy atom. The largest absolute Gasteiger partial charge is 0.360 e. The summed E-state index contributed by atoms with van der Waals surface area (Å²) < 4.78 is 27.7. The molecule has 2 aliphatic heterocycles. The van der Waals surface area contributed by atoms with Gasteiger partial charge in [0.15, 0.2) is 0 Å². The maximum Gasteiger partial charge on any atom is 0.220 e. The topological polar surface area (TPSA) is 82.2 Å². The zero-order chi connectivity index (χ0) is 19.1. The van der Waals surface area contributed by atoms with Crippen molar-refractivity contribution in [2.45, 2.75) is 24.0 Å². The molecule has 5 heterocycles. The van der Waals surface area contributed by atoms with E-state index in [-0.39, 0.29) is 5.25 Å². The average Bonchev–Trinajstić information content (AvgIpc) is 3.12. The van der Waals surface area contributed by atoms with E-state index in [9.17, 15) is 8.42 Å². The number of sulfonamides is 1. The number of nitrogens with one attached hydrogen (secondary N) is 1. The lowest BCUT2D eigenvalue weighted by Crippen LogP contribution is -2.59. The average molecular weight is 398 g/mol. The Balaban J connectivity index is 1.23. The molecule has 0 amide bonds. The van der Waals surface area contributed by atoms with Crippen molar-refractivity contribution in [3.05, 3.63) is 54.5 Å². The van der Waals surface area contributed by atoms with Crippen molar-refractivity contribution in [1.29, 1.82) is 0 Å². The highest BCUT2D eigenvalue weighted by Crippen LogP contribution is 2.34. The minimum Gasteiger partial charge on any atom is -0.360 e. The normalized spacial score (nSPS) is 19.8. The number of nitrogens with zero attached hydrogens (tertiary/aromatic N) is 4. The van der Waals surface area contributed by atoms with Gasteiger partial charge in [-0.25, -0.2) is 17.7 Å². The molecular weight excluding hydrogens is 374 g/mol. The summed E-state index contributed by atoms with van der Waals surface area (Å²) in [6.45, 7) is 2.19. The second-order valence-electron chi connectivity index (χ2n) is 7.58. The van der Waals surface area contributed by atoms with E-state index in [0.717, 1.165) is 29.7 Å². The predicted molar refractivity (Wildman–Crippen MR) is 109 cm³/mol. The molecule has 2 saturated heterocycles. The lowest BCUT2D eigenvalue weighted by Gasteiger charge is -2.42. The van der Waals surface area contributed by atoms with Crippen LogP contribution in [0.25, 0.3) is 11.0 Å². The summed E-state index contributed by atoms with van der Waals surface area (Å²) in [7, 11) is -3.26. The first kappa shape index (κ1) is 17.6. The molecular formula is C20H23N5O2S. The monoisotopic (exact) mass is 397 g/mol. The number of rotatable bonds is 4. The van der Waals surface area contributed by atoms with Gasteiger partial charge >= 0.3 is 0 Å². The Kier molecular flexibility index (Phi) is 4.32. The quantitative estimate of drug-likeness (QED) is 0.731. The second-order valence-corrected chi connectivity index (χ2v) is 9.79. The Morgan fingerprint density at radius 1 is 1.00 bits per heavy atom. The standard InChI is InChI=1S/C20H23N5O2S/c26-28(27,16-13-24(14-16)19-5-1-2-8-21-19)25-10-6-15(7-11-25)17-12-23-18-4-3-9-22-20(17)18/h1-5,8-9,12,15-16,23H,6-7,10-11,13-14H2. The van der Waals surface area contributed by atoms with E-state index >= 15 is 0 Å². The van der Waals surface area contributed by atoms with Gasteiger partial charge in [0, 0.05) is 44.8 Å². The molecule has 0 saturated carbocycles. The fourth-order valence-electron chi connectivity index (χ4n) is 4.27. The Morgan fingerprint density at radius 2 is 1.79 bits per heavy atom. The van der Waals surface area contributed by atoms with Crippen LogP contribution in [0.5, 0.6) is 0 Å². The third-order valence-electron chi connectivity index (χ3n) is 5.96. The summed E-state index contributed by atoms with van der Waals surface area (Å²) >= 11 is 0. The van der Waals surface area contributed by atoms with Crippen LogP contribution in [-0.2, 0) is 10.0 Å². The summed E-state index contributed by atoms with van der Waals surface area (Å²) in [5.74, 6) is 1.20. The molecule has 0 aliphatic carbocycles. The van der Waals surface area contributed by atoms with Crippen molar-refractivity contribution in [2.75, 3.05) is 31.1 Å². The number of H-pyrrole nitrogens is 1. The summed E-state index contributed by atoms with van der Waals surface area (Å²) in [5, 5.41) is -0.333. The van der Waals surface area contributed by atoms with Gasteiger partial charge in [-0.3, -0.25) is 4.98 Å². The van der Waals surface area contributed by atoms with E-state index in [4.69, 9.17) is 0 Å². The van der Waals surface area contributed by atoms with Crippen LogP contribution in [0.1, 0.15) is 24.3 Å². The van der Waals surface area contributed by atoms with Gasteiger partial charge < -0.3 is 9.88 Å². The fraction of sp³-hybridized carbons (Fsp3) is 0.400. The van der Waals surface area contributed by atoms with Crippen LogP contribution in [0.15, 0.2) is 48.9 Å². The molecule has 0 bridgehead atoms. The third kappa shape index (κ3) is 2.97. The van der Waals surface area contributed by atoms with Gasteiger partial charge in [-0.2, -0.15) is 0 Å². The molecule has 3 aromatic rings. The molecule has 0 unspecified atom stereocenters. The zero-order valence-corrected chi connectivity index (χ0v) is 16.3. The highest BCUT2D eigenvalue weighted by molar-refractivity contribution is 7.89. The number of anilines is 1. The number of fused-ring (bicyclic) bond motifs is 1. The predicted octanol–water partition coefficient (Wildman–Crippen LogP) is 2.36. The Hall–Kier alpha value is -2.45. The van der Waals surface area contributed by atoms with Crippen LogP contribution in [0.2, 0.25) is 0 Å². The molecule has 0 spiro atoms. The van der Waals surface area contributed by atoms with Gasteiger partial charge in [-0.15, -0.1) is 0 Å². The van der Waals surface area contributed by atoms with E-state index in [1.54, 1.807) is 10.5 Å². The highest BCUT2D eigenvalue weighted by Gasteiger charge is 2.42. The first-order valence-corrected chi connectivity index (χ1v) is 11.2. The minimum atomic E-state index is -3.26. The van der Waals surface area contributed by atoms with Crippen molar-refractivity contribution in [3.63, 3.8) is 0 Å². The van der Waals surface area contributed by atoms with Gasteiger partial charge in [-0.05, 0) is 48.6 Å². The molecule has 8 heteroatoms. The van der Waals surface area contributed by atoms with Gasteiger partial charge in [0.2, 0.25) is 10.0 Å². The number of aromatic amines is 1. The van der Waals surface area contributed by atoms with Gasteiger partial charge in [-0.1, -0.05) is 6.07 Å². The third-order valence-corrected chi connectivity index (χ3v) is 8.19. The van der Waals surface area contributed by atoms with Gasteiger partial charge in [0.25, 0.3) is 0 Å². The molecule has 3 aromatic heterocycles. The summed E-state index contributed by atoms with van der Waals surface area (Å²) in [6, 6.07) is 9.66. The van der Waals surface area contributed by atoms with Gasteiger partial charge in [0.05, 0.1) is 11.0 Å². The summed E-state index contributed by atoms with van der Waals surface area (Å²) in [6.07, 6.45) is 7.24. The SMILES string of the molecule is O=S(=O)(C1CN(c2ccccn2)C1)N1CCC(c2c[nH]c3cccnc23)CC1.